The summed E-state index contributed by atoms with van der Waals surface area (Å²) in [6.07, 6.45) is 3.81. The molecule has 0 aliphatic carbocycles. The molecule has 276 valence electrons. The van der Waals surface area contributed by atoms with E-state index in [0.29, 0.717) is 18.7 Å². The largest absolute Gasteiger partial charge is 0.444 e. The Morgan fingerprint density at radius 2 is 1.85 bits per heavy atom. The predicted molar refractivity (Wildman–Crippen MR) is 190 cm³/mol. The Hall–Kier alpha value is -5.28. The average Bonchev–Trinajstić information content (AvgIpc) is 3.12. The van der Waals surface area contributed by atoms with Crippen molar-refractivity contribution in [3.63, 3.8) is 0 Å². The van der Waals surface area contributed by atoms with Crippen LogP contribution in [0.5, 0.6) is 0 Å². The molecule has 1 aromatic carbocycles. The van der Waals surface area contributed by atoms with Gasteiger partial charge in [0.2, 0.25) is 0 Å². The summed E-state index contributed by atoms with van der Waals surface area (Å²) in [7, 11) is 0. The first kappa shape index (κ1) is 36.1. The number of carbonyl (C=O) groups excluding carboxylic acids is 3. The molecule has 1 N–H and O–H groups in total. The number of carbonyl (C=O) groups is 3. The van der Waals surface area contributed by atoms with Crippen molar-refractivity contribution in [2.24, 2.45) is 0 Å². The van der Waals surface area contributed by atoms with E-state index >= 15 is 8.78 Å². The second-order valence-corrected chi connectivity index (χ2v) is 14.8. The fourth-order valence-electron chi connectivity index (χ4n) is 6.92. The molecule has 2 fully saturated rings. The van der Waals surface area contributed by atoms with E-state index in [9.17, 15) is 14.4 Å². The van der Waals surface area contributed by atoms with Crippen molar-refractivity contribution in [2.75, 3.05) is 49.6 Å². The van der Waals surface area contributed by atoms with Crippen molar-refractivity contribution in [2.45, 2.75) is 50.8 Å². The van der Waals surface area contributed by atoms with Gasteiger partial charge in [-0.15, -0.1) is 5.10 Å². The van der Waals surface area contributed by atoms with Crippen LogP contribution in [0.2, 0.25) is 5.02 Å². The third-order valence-corrected chi connectivity index (χ3v) is 9.85. The average molecular weight is 747 g/mol. The maximum absolute atomic E-state index is 16.8. The standard InChI is InChI=1S/C37H37ClF2N8O5/c1-36(2,3)53-35(51)47-13-14-52-19-27(47)21-10-11-28(41-15-21)48-20-37(4,24-7-5-8-25(38)30(24)39)29-23(33(48)49)16-42-32(31(29)40)44-22-17-46(18-22)34(50)26-9-6-12-43-45-26/h5-12,15-16,22,27H,13-14,17-20H2,1-4H3,(H,42,44)/t27-,37+/m0/s1. The van der Waals surface area contributed by atoms with Crippen LogP contribution in [0.1, 0.15) is 71.3 Å². The Bertz CT molecular complexity index is 2060. The smallest absolute Gasteiger partial charge is 0.410 e. The fraction of sp³-hybridized carbons (Fsp3) is 0.378. The van der Waals surface area contributed by atoms with Crippen LogP contribution < -0.4 is 10.2 Å². The number of anilines is 2. The number of fused-ring (bicyclic) bond motifs is 1. The molecule has 3 aromatic heterocycles. The maximum Gasteiger partial charge on any atom is 0.410 e. The highest BCUT2D eigenvalue weighted by atomic mass is 35.5. The molecule has 0 saturated carbocycles. The van der Waals surface area contributed by atoms with Crippen LogP contribution in [0, 0.1) is 11.6 Å². The molecule has 13 nitrogen and oxygen atoms in total. The number of pyridine rings is 2. The van der Waals surface area contributed by atoms with Crippen LogP contribution in [0.4, 0.5) is 25.2 Å². The molecule has 2 saturated heterocycles. The van der Waals surface area contributed by atoms with Crippen LogP contribution in [-0.2, 0) is 14.9 Å². The number of rotatable bonds is 6. The minimum Gasteiger partial charge on any atom is -0.444 e. The lowest BCUT2D eigenvalue weighted by molar-refractivity contribution is -0.0331. The predicted octanol–water partition coefficient (Wildman–Crippen LogP) is 5.41. The number of likely N-dealkylation sites (tertiary alicyclic amines) is 1. The first-order valence-corrected chi connectivity index (χ1v) is 17.4. The van der Waals surface area contributed by atoms with Crippen molar-refractivity contribution < 1.29 is 32.6 Å². The number of aromatic nitrogens is 4. The summed E-state index contributed by atoms with van der Waals surface area (Å²) >= 11 is 6.24. The highest BCUT2D eigenvalue weighted by molar-refractivity contribution is 6.30. The first-order valence-electron chi connectivity index (χ1n) is 17.1. The number of nitrogens with zero attached hydrogens (tertiary/aromatic N) is 7. The Balaban J connectivity index is 1.19. The van der Waals surface area contributed by atoms with Crippen LogP contribution in [0.15, 0.2) is 61.1 Å². The Morgan fingerprint density at radius 1 is 1.06 bits per heavy atom. The molecule has 6 heterocycles. The maximum atomic E-state index is 16.8. The van der Waals surface area contributed by atoms with E-state index in [0.717, 1.165) is 0 Å². The third kappa shape index (κ3) is 6.86. The van der Waals surface area contributed by atoms with Gasteiger partial charge < -0.3 is 19.7 Å². The van der Waals surface area contributed by atoms with Crippen molar-refractivity contribution in [1.29, 1.82) is 0 Å². The highest BCUT2D eigenvalue weighted by Crippen LogP contribution is 2.45. The van der Waals surface area contributed by atoms with Gasteiger partial charge in [-0.1, -0.05) is 29.8 Å². The SMILES string of the molecule is CC(C)(C)OC(=O)N1CCOC[C@H]1c1ccc(N2C[C@](C)(c3cccc(Cl)c3F)c3c(cnc(NC4CN(C(=O)c5cccnn5)C4)c3F)C2=O)nc1. The summed E-state index contributed by atoms with van der Waals surface area (Å²) in [5, 5.41) is 10.5. The molecule has 3 aliphatic heterocycles. The summed E-state index contributed by atoms with van der Waals surface area (Å²) in [6, 6.07) is 10.2. The van der Waals surface area contributed by atoms with E-state index in [2.05, 4.69) is 25.5 Å². The third-order valence-electron chi connectivity index (χ3n) is 9.56. The first-order chi connectivity index (χ1) is 25.2. The zero-order valence-electron chi connectivity index (χ0n) is 29.5. The van der Waals surface area contributed by atoms with Crippen LogP contribution in [-0.4, -0.2) is 98.9 Å². The summed E-state index contributed by atoms with van der Waals surface area (Å²) in [5.41, 5.74) is -1.34. The van der Waals surface area contributed by atoms with Gasteiger partial charge in [0.1, 0.15) is 17.2 Å². The number of ether oxygens (including phenoxy) is 2. The van der Waals surface area contributed by atoms with Gasteiger partial charge in [0, 0.05) is 61.3 Å². The zero-order valence-corrected chi connectivity index (χ0v) is 30.2. The van der Waals surface area contributed by atoms with E-state index in [1.807, 2.05) is 0 Å². The van der Waals surface area contributed by atoms with E-state index in [1.165, 1.54) is 29.4 Å². The summed E-state index contributed by atoms with van der Waals surface area (Å²) < 4.78 is 43.9. The van der Waals surface area contributed by atoms with E-state index < -0.39 is 40.7 Å². The van der Waals surface area contributed by atoms with Gasteiger partial charge in [-0.05, 0) is 57.5 Å². The highest BCUT2D eigenvalue weighted by Gasteiger charge is 2.47. The Kier molecular flexibility index (Phi) is 9.49. The molecule has 3 amide bonds. The van der Waals surface area contributed by atoms with Crippen molar-refractivity contribution >= 4 is 41.1 Å². The van der Waals surface area contributed by atoms with Crippen molar-refractivity contribution in [3.8, 4) is 0 Å². The molecule has 2 atom stereocenters. The van der Waals surface area contributed by atoms with E-state index in [1.54, 1.807) is 74.0 Å². The molecule has 7 rings (SSSR count). The van der Waals surface area contributed by atoms with Gasteiger partial charge in [0.05, 0.1) is 35.9 Å². The lowest BCUT2D eigenvalue weighted by Gasteiger charge is -2.43. The number of hydrogen-bond donors (Lipinski definition) is 1. The Morgan fingerprint density at radius 3 is 2.55 bits per heavy atom. The molecule has 53 heavy (non-hydrogen) atoms. The second kappa shape index (κ2) is 13.9. The zero-order chi connectivity index (χ0) is 37.7. The number of amides is 3. The van der Waals surface area contributed by atoms with Gasteiger partial charge in [-0.25, -0.2) is 23.5 Å². The minimum atomic E-state index is -1.46. The lowest BCUT2D eigenvalue weighted by Crippen LogP contribution is -2.57. The number of nitrogens with one attached hydrogen (secondary N) is 1. The summed E-state index contributed by atoms with van der Waals surface area (Å²) in [5.74, 6) is -2.37. The van der Waals surface area contributed by atoms with Gasteiger partial charge in [0.25, 0.3) is 11.8 Å². The monoisotopic (exact) mass is 746 g/mol. The fourth-order valence-corrected chi connectivity index (χ4v) is 7.09. The lowest BCUT2D eigenvalue weighted by atomic mass is 9.71. The van der Waals surface area contributed by atoms with Crippen molar-refractivity contribution in [3.05, 3.63) is 106 Å². The molecule has 0 radical (unpaired) electrons. The van der Waals surface area contributed by atoms with Crippen LogP contribution >= 0.6 is 11.6 Å². The minimum absolute atomic E-state index is 0.0480. The van der Waals surface area contributed by atoms with E-state index in [-0.39, 0.29) is 77.2 Å². The van der Waals surface area contributed by atoms with Gasteiger partial charge in [-0.2, -0.15) is 5.10 Å². The number of benzene rings is 1. The van der Waals surface area contributed by atoms with Gasteiger partial charge >= 0.3 is 6.09 Å². The van der Waals surface area contributed by atoms with Crippen molar-refractivity contribution in [1.82, 2.24) is 30.0 Å². The normalized spacial score (nSPS) is 20.5. The molecular formula is C37H37ClF2N8O5. The van der Waals surface area contributed by atoms with Gasteiger partial charge in [-0.3, -0.25) is 19.4 Å². The van der Waals surface area contributed by atoms with Crippen LogP contribution in [0.3, 0.4) is 0 Å². The van der Waals surface area contributed by atoms with Gasteiger partial charge in [0.15, 0.2) is 17.3 Å². The summed E-state index contributed by atoms with van der Waals surface area (Å²) in [6.45, 7) is 8.24. The second-order valence-electron chi connectivity index (χ2n) is 14.4. The molecule has 0 bridgehead atoms. The topological polar surface area (TPSA) is 143 Å². The molecule has 16 heteroatoms. The molecule has 4 aromatic rings. The molecule has 0 spiro atoms. The van der Waals surface area contributed by atoms with Crippen LogP contribution in [0.25, 0.3) is 0 Å². The molecular weight excluding hydrogens is 710 g/mol. The molecule has 0 unspecified atom stereocenters. The number of halogens is 3. The molecule has 3 aliphatic rings. The number of hydrogen-bond acceptors (Lipinski definition) is 10. The Labute approximate surface area is 309 Å². The van der Waals surface area contributed by atoms with E-state index in [4.69, 9.17) is 21.1 Å². The summed E-state index contributed by atoms with van der Waals surface area (Å²) in [4.78, 5) is 53.3. The quantitative estimate of drug-likeness (QED) is 0.272. The number of morpholine rings is 1.